The number of nitrogens with zero attached hydrogens (tertiary/aromatic N) is 2. The molecule has 1 fully saturated rings. The van der Waals surface area contributed by atoms with Crippen molar-refractivity contribution in [2.45, 2.75) is 63.6 Å². The molecule has 0 saturated carbocycles. The number of carbonyl (C=O) groups is 1. The second-order valence-electron chi connectivity index (χ2n) is 8.04. The highest BCUT2D eigenvalue weighted by Crippen LogP contribution is 2.59. The first-order valence-corrected chi connectivity index (χ1v) is 10.9. The van der Waals surface area contributed by atoms with Gasteiger partial charge < -0.3 is 15.0 Å². The van der Waals surface area contributed by atoms with E-state index < -0.39 is 5.85 Å². The number of likely N-dealkylation sites (N-methyl/N-ethyl adjacent to an activating group) is 2. The van der Waals surface area contributed by atoms with E-state index in [0.29, 0.717) is 6.54 Å². The second kappa shape index (κ2) is 8.00. The maximum atomic E-state index is 12.7. The number of anilines is 1. The van der Waals surface area contributed by atoms with E-state index in [1.807, 2.05) is 20.2 Å². The normalized spacial score (nSPS) is 26.8. The number of ether oxygens (including phenoxy) is 1. The van der Waals surface area contributed by atoms with Gasteiger partial charge in [-0.1, -0.05) is 44.7 Å². The van der Waals surface area contributed by atoms with Gasteiger partial charge in [-0.3, -0.25) is 0 Å². The molecule has 1 saturated heterocycles. The molecule has 0 aromatic heterocycles. The van der Waals surface area contributed by atoms with E-state index in [1.165, 1.54) is 24.8 Å². The number of hydrogen-bond donors (Lipinski definition) is 1. The van der Waals surface area contributed by atoms with Crippen molar-refractivity contribution in [1.29, 1.82) is 0 Å². The van der Waals surface area contributed by atoms with Gasteiger partial charge in [0.25, 0.3) is 5.85 Å². The summed E-state index contributed by atoms with van der Waals surface area (Å²) >= 11 is 3.69. The molecule has 1 aromatic rings. The maximum Gasteiger partial charge on any atom is 0.410 e. The zero-order valence-corrected chi connectivity index (χ0v) is 18.6. The molecule has 0 bridgehead atoms. The number of alkyl carbamates (subject to hydrolysis) is 1. The molecule has 2 atom stereocenters. The fraction of sp³-hybridized carbons (Fsp3) is 0.667. The number of fused-ring (bicyclic) bond motifs is 3. The molecular weight excluding hydrogens is 406 g/mol. The van der Waals surface area contributed by atoms with E-state index in [2.05, 4.69) is 57.0 Å². The Labute approximate surface area is 171 Å². The fourth-order valence-electron chi connectivity index (χ4n) is 4.86. The molecule has 0 unspecified atom stereocenters. The molecule has 2 heterocycles. The number of para-hydroxylation sites is 1. The molecule has 6 heteroatoms. The average molecular weight is 438 g/mol. The van der Waals surface area contributed by atoms with E-state index in [0.717, 1.165) is 36.0 Å². The first-order chi connectivity index (χ1) is 12.9. The second-order valence-corrected chi connectivity index (χ2v) is 8.89. The Morgan fingerprint density at radius 3 is 2.74 bits per heavy atom. The van der Waals surface area contributed by atoms with Crippen LogP contribution < -0.4 is 10.2 Å². The maximum absolute atomic E-state index is 12.7. The lowest BCUT2D eigenvalue weighted by Crippen LogP contribution is -2.63. The number of halogens is 1. The van der Waals surface area contributed by atoms with Gasteiger partial charge in [0.1, 0.15) is 0 Å². The lowest BCUT2D eigenvalue weighted by atomic mass is 9.79. The van der Waals surface area contributed by atoms with Gasteiger partial charge in [0, 0.05) is 24.6 Å². The molecule has 0 radical (unpaired) electrons. The van der Waals surface area contributed by atoms with Crippen LogP contribution in [0.2, 0.25) is 0 Å². The molecule has 2 aliphatic heterocycles. The Morgan fingerprint density at radius 1 is 1.26 bits per heavy atom. The molecular formula is C21H32BrN3O2. The number of amides is 1. The van der Waals surface area contributed by atoms with E-state index in [1.54, 1.807) is 0 Å². The van der Waals surface area contributed by atoms with Crippen LogP contribution in [-0.2, 0) is 10.2 Å². The van der Waals surface area contributed by atoms with Gasteiger partial charge in [-0.15, -0.1) is 0 Å². The lowest BCUT2D eigenvalue weighted by molar-refractivity contribution is -0.104. The molecule has 1 N–H and O–H groups in total. The standard InChI is InChI=1S/C21H32BrN3O2/c1-5-6-7-8-9-14-23-19(26)27-21-20(2,13-15-24(21)3)16-11-10-12-17(22)18(16)25(21)4/h10-12H,5-9,13-15H2,1-4H3,(H,23,26)/t20-,21-/m0/s1. The van der Waals surface area contributed by atoms with Crippen LogP contribution in [0.15, 0.2) is 22.7 Å². The van der Waals surface area contributed by atoms with Crippen LogP contribution >= 0.6 is 15.9 Å². The van der Waals surface area contributed by atoms with Crippen LogP contribution in [-0.4, -0.2) is 44.0 Å². The lowest BCUT2D eigenvalue weighted by Gasteiger charge is -2.45. The van der Waals surface area contributed by atoms with Crippen molar-refractivity contribution in [3.8, 4) is 0 Å². The van der Waals surface area contributed by atoms with Crippen molar-refractivity contribution in [2.75, 3.05) is 32.1 Å². The molecule has 2 aliphatic rings. The quantitative estimate of drug-likeness (QED) is 0.619. The summed E-state index contributed by atoms with van der Waals surface area (Å²) in [5.41, 5.74) is 2.07. The van der Waals surface area contributed by atoms with Crippen molar-refractivity contribution in [3.63, 3.8) is 0 Å². The molecule has 1 amide bonds. The minimum absolute atomic E-state index is 0.270. The summed E-state index contributed by atoms with van der Waals surface area (Å²) in [6.45, 7) is 5.97. The predicted octanol–water partition coefficient (Wildman–Crippen LogP) is 4.84. The molecule has 27 heavy (non-hydrogen) atoms. The average Bonchev–Trinajstić information content (AvgIpc) is 3.00. The first kappa shape index (κ1) is 20.5. The number of rotatable bonds is 7. The van der Waals surface area contributed by atoms with Crippen molar-refractivity contribution >= 4 is 27.7 Å². The van der Waals surface area contributed by atoms with Gasteiger partial charge >= 0.3 is 6.09 Å². The van der Waals surface area contributed by atoms with Gasteiger partial charge in [0.15, 0.2) is 0 Å². The van der Waals surface area contributed by atoms with E-state index in [9.17, 15) is 4.79 Å². The SMILES string of the molecule is CCCCCCCNC(=O)O[C@]12N(C)CC[C@@]1(C)c1cccc(Br)c1N2C. The minimum atomic E-state index is -0.800. The minimum Gasteiger partial charge on any atom is -0.408 e. The summed E-state index contributed by atoms with van der Waals surface area (Å²) in [5.74, 6) is -0.800. The van der Waals surface area contributed by atoms with Gasteiger partial charge in [-0.2, -0.15) is 0 Å². The van der Waals surface area contributed by atoms with Crippen LogP contribution in [0.5, 0.6) is 0 Å². The van der Waals surface area contributed by atoms with Crippen LogP contribution in [0.3, 0.4) is 0 Å². The number of carbonyl (C=O) groups excluding carboxylic acids is 1. The molecule has 150 valence electrons. The zero-order valence-electron chi connectivity index (χ0n) is 17.0. The fourth-order valence-corrected chi connectivity index (χ4v) is 5.49. The van der Waals surface area contributed by atoms with Crippen molar-refractivity contribution in [1.82, 2.24) is 10.2 Å². The molecule has 5 nitrogen and oxygen atoms in total. The topological polar surface area (TPSA) is 44.8 Å². The Hall–Kier alpha value is -1.27. The van der Waals surface area contributed by atoms with Crippen LogP contribution in [0, 0.1) is 0 Å². The smallest absolute Gasteiger partial charge is 0.408 e. The first-order valence-electron chi connectivity index (χ1n) is 10.1. The van der Waals surface area contributed by atoms with E-state index >= 15 is 0 Å². The largest absolute Gasteiger partial charge is 0.410 e. The zero-order chi connectivity index (χ0) is 19.7. The summed E-state index contributed by atoms with van der Waals surface area (Å²) in [6.07, 6.45) is 6.47. The Kier molecular flexibility index (Phi) is 6.06. The summed E-state index contributed by atoms with van der Waals surface area (Å²) in [4.78, 5) is 17.0. The molecule has 3 rings (SSSR count). The summed E-state index contributed by atoms with van der Waals surface area (Å²) in [5, 5.41) is 2.97. The molecule has 0 aliphatic carbocycles. The highest BCUT2D eigenvalue weighted by molar-refractivity contribution is 9.10. The van der Waals surface area contributed by atoms with Crippen molar-refractivity contribution < 1.29 is 9.53 Å². The number of hydrogen-bond acceptors (Lipinski definition) is 4. The predicted molar refractivity (Wildman–Crippen MR) is 113 cm³/mol. The number of likely N-dealkylation sites (tertiary alicyclic amines) is 1. The summed E-state index contributed by atoms with van der Waals surface area (Å²) < 4.78 is 7.23. The van der Waals surface area contributed by atoms with Crippen molar-refractivity contribution in [3.05, 3.63) is 28.2 Å². The van der Waals surface area contributed by atoms with E-state index in [4.69, 9.17) is 4.74 Å². The van der Waals surface area contributed by atoms with Crippen LogP contribution in [0.25, 0.3) is 0 Å². The van der Waals surface area contributed by atoms with Crippen LogP contribution in [0.1, 0.15) is 57.9 Å². The number of unbranched alkanes of at least 4 members (excludes halogenated alkanes) is 4. The number of nitrogens with one attached hydrogen (secondary N) is 1. The van der Waals surface area contributed by atoms with Crippen LogP contribution in [0.4, 0.5) is 10.5 Å². The third-order valence-corrected chi connectivity index (χ3v) is 6.98. The highest BCUT2D eigenvalue weighted by Gasteiger charge is 2.67. The summed E-state index contributed by atoms with van der Waals surface area (Å²) in [6, 6.07) is 6.27. The van der Waals surface area contributed by atoms with Crippen molar-refractivity contribution in [2.24, 2.45) is 0 Å². The van der Waals surface area contributed by atoms with Gasteiger partial charge in [-0.25, -0.2) is 9.69 Å². The summed E-state index contributed by atoms with van der Waals surface area (Å²) in [7, 11) is 4.06. The third-order valence-electron chi connectivity index (χ3n) is 6.34. The Balaban J connectivity index is 1.75. The Bertz CT molecular complexity index is 698. The van der Waals surface area contributed by atoms with Gasteiger partial charge in [0.05, 0.1) is 11.1 Å². The molecule has 0 spiro atoms. The Morgan fingerprint density at radius 2 is 2.00 bits per heavy atom. The van der Waals surface area contributed by atoms with Gasteiger partial charge in [0.2, 0.25) is 0 Å². The van der Waals surface area contributed by atoms with E-state index in [-0.39, 0.29) is 11.5 Å². The van der Waals surface area contributed by atoms with Gasteiger partial charge in [-0.05, 0) is 54.4 Å². The monoisotopic (exact) mass is 437 g/mol. The third kappa shape index (κ3) is 3.25. The number of benzene rings is 1. The highest BCUT2D eigenvalue weighted by atomic mass is 79.9. The molecule has 1 aromatic carbocycles.